The Morgan fingerprint density at radius 2 is 1.89 bits per heavy atom. The molecule has 0 unspecified atom stereocenters. The summed E-state index contributed by atoms with van der Waals surface area (Å²) in [4.78, 5) is 27.4. The molecule has 0 aliphatic heterocycles. The smallest absolute Gasteiger partial charge is 0.243 e. The van der Waals surface area contributed by atoms with Crippen LogP contribution in [0.4, 0.5) is 0 Å². The molecule has 1 aliphatic carbocycles. The molecule has 0 aromatic rings. The molecule has 2 N–H and O–H groups in total. The molecular weight excluding hydrogens is 232 g/mol. The maximum absolute atomic E-state index is 11.4. The van der Waals surface area contributed by atoms with Gasteiger partial charge >= 0.3 is 0 Å². The zero-order chi connectivity index (χ0) is 13.2. The van der Waals surface area contributed by atoms with Crippen LogP contribution in [0.5, 0.6) is 0 Å². The van der Waals surface area contributed by atoms with E-state index >= 15 is 0 Å². The Balaban J connectivity index is 1.88. The van der Waals surface area contributed by atoms with Gasteiger partial charge in [0.15, 0.2) is 0 Å². The Morgan fingerprint density at radius 1 is 1.17 bits per heavy atom. The zero-order valence-electron chi connectivity index (χ0n) is 11.2. The van der Waals surface area contributed by atoms with Gasteiger partial charge in [-0.2, -0.15) is 0 Å². The largest absolute Gasteiger partial charge is 0.356 e. The minimum atomic E-state index is -0.0403. The lowest BCUT2D eigenvalue weighted by Crippen LogP contribution is -2.28. The van der Waals surface area contributed by atoms with Crippen LogP contribution in [-0.4, -0.2) is 24.5 Å². The average molecular weight is 256 g/mol. The number of carbonyl (C=O) groups is 2. The number of carbonyl (C=O) groups excluding carboxylic acids is 2. The van der Waals surface area contributed by atoms with Crippen molar-refractivity contribution in [2.45, 2.75) is 64.4 Å². The Morgan fingerprint density at radius 3 is 2.56 bits per heavy atom. The fourth-order valence-corrected chi connectivity index (χ4v) is 2.06. The maximum Gasteiger partial charge on any atom is 0.243 e. The number of rotatable bonds is 8. The molecule has 0 bridgehead atoms. The first-order chi connectivity index (χ1) is 8.68. The van der Waals surface area contributed by atoms with Crippen LogP contribution in [0.2, 0.25) is 0 Å². The minimum Gasteiger partial charge on any atom is -0.356 e. The van der Waals surface area contributed by atoms with Crippen molar-refractivity contribution in [1.82, 2.24) is 10.8 Å². The minimum absolute atomic E-state index is 0.00212. The molecule has 1 rings (SSSR count). The second-order valence-electron chi connectivity index (χ2n) is 4.84. The van der Waals surface area contributed by atoms with E-state index in [-0.39, 0.29) is 17.9 Å². The first kappa shape index (κ1) is 15.0. The van der Waals surface area contributed by atoms with E-state index in [4.69, 9.17) is 4.84 Å². The quantitative estimate of drug-likeness (QED) is 0.513. The van der Waals surface area contributed by atoms with Crippen LogP contribution in [0, 0.1) is 0 Å². The summed E-state index contributed by atoms with van der Waals surface area (Å²) in [5.41, 5.74) is 2.53. The van der Waals surface area contributed by atoms with Crippen LogP contribution >= 0.6 is 0 Å². The van der Waals surface area contributed by atoms with E-state index in [9.17, 15) is 9.59 Å². The molecule has 0 saturated heterocycles. The molecular formula is C13H24N2O3. The second-order valence-corrected chi connectivity index (χ2v) is 4.84. The summed E-state index contributed by atoms with van der Waals surface area (Å²) in [6.07, 6.45) is 7.90. The lowest BCUT2D eigenvalue weighted by Gasteiger charge is -2.11. The van der Waals surface area contributed by atoms with Gasteiger partial charge in [0.05, 0.1) is 6.10 Å². The third-order valence-corrected chi connectivity index (χ3v) is 3.10. The van der Waals surface area contributed by atoms with E-state index in [1.54, 1.807) is 0 Å². The monoisotopic (exact) mass is 256 g/mol. The van der Waals surface area contributed by atoms with Gasteiger partial charge in [-0.25, -0.2) is 5.48 Å². The molecule has 0 spiro atoms. The van der Waals surface area contributed by atoms with Crippen molar-refractivity contribution in [3.63, 3.8) is 0 Å². The summed E-state index contributed by atoms with van der Waals surface area (Å²) in [7, 11) is 0. The van der Waals surface area contributed by atoms with Crippen molar-refractivity contribution in [3.8, 4) is 0 Å². The van der Waals surface area contributed by atoms with E-state index in [1.165, 1.54) is 19.8 Å². The molecule has 0 atom stereocenters. The third-order valence-electron chi connectivity index (χ3n) is 3.10. The van der Waals surface area contributed by atoms with Crippen molar-refractivity contribution >= 4 is 11.8 Å². The first-order valence-corrected chi connectivity index (χ1v) is 6.87. The molecule has 2 amide bonds. The standard InChI is InChI=1S/C13H24N2O3/c1-11(16)14-10-6-2-3-9-13(17)15-18-12-7-4-5-8-12/h12H,2-10H2,1H3,(H,14,16)(H,15,17). The highest BCUT2D eigenvalue weighted by Crippen LogP contribution is 2.19. The molecule has 1 fully saturated rings. The molecule has 1 aliphatic rings. The molecule has 104 valence electrons. The van der Waals surface area contributed by atoms with Gasteiger partial charge in [0.2, 0.25) is 11.8 Å². The van der Waals surface area contributed by atoms with Gasteiger partial charge in [0, 0.05) is 19.9 Å². The number of hydrogen-bond donors (Lipinski definition) is 2. The summed E-state index contributed by atoms with van der Waals surface area (Å²) >= 11 is 0. The Kier molecular flexibility index (Phi) is 7.41. The number of hydroxylamine groups is 1. The van der Waals surface area contributed by atoms with E-state index < -0.39 is 0 Å². The second kappa shape index (κ2) is 8.91. The van der Waals surface area contributed by atoms with Crippen LogP contribution < -0.4 is 10.8 Å². The zero-order valence-corrected chi connectivity index (χ0v) is 11.2. The molecule has 1 saturated carbocycles. The van der Waals surface area contributed by atoms with Crippen molar-refractivity contribution in [3.05, 3.63) is 0 Å². The van der Waals surface area contributed by atoms with Crippen molar-refractivity contribution in [2.75, 3.05) is 6.54 Å². The Labute approximate surface area is 109 Å². The van der Waals surface area contributed by atoms with Crippen molar-refractivity contribution in [2.24, 2.45) is 0 Å². The topological polar surface area (TPSA) is 67.4 Å². The van der Waals surface area contributed by atoms with Gasteiger partial charge < -0.3 is 5.32 Å². The highest BCUT2D eigenvalue weighted by Gasteiger charge is 2.16. The fourth-order valence-electron chi connectivity index (χ4n) is 2.06. The van der Waals surface area contributed by atoms with Gasteiger partial charge in [0.25, 0.3) is 0 Å². The first-order valence-electron chi connectivity index (χ1n) is 6.87. The maximum atomic E-state index is 11.4. The van der Waals surface area contributed by atoms with E-state index in [0.717, 1.165) is 32.1 Å². The Hall–Kier alpha value is -1.10. The summed E-state index contributed by atoms with van der Waals surface area (Å²) in [5, 5.41) is 2.73. The Bertz CT molecular complexity index is 263. The molecule has 0 aromatic carbocycles. The van der Waals surface area contributed by atoms with Crippen LogP contribution in [0.15, 0.2) is 0 Å². The van der Waals surface area contributed by atoms with Crippen LogP contribution in [0.1, 0.15) is 58.3 Å². The van der Waals surface area contributed by atoms with Crippen molar-refractivity contribution in [1.29, 1.82) is 0 Å². The fraction of sp³-hybridized carbons (Fsp3) is 0.846. The number of unbranched alkanes of at least 4 members (excludes halogenated alkanes) is 2. The SMILES string of the molecule is CC(=O)NCCCCCC(=O)NOC1CCCC1. The van der Waals surface area contributed by atoms with Gasteiger partial charge in [-0.05, 0) is 25.7 Å². The molecule has 0 heterocycles. The molecule has 0 aromatic heterocycles. The number of hydrogen-bond acceptors (Lipinski definition) is 3. The summed E-state index contributed by atoms with van der Waals surface area (Å²) in [6.45, 7) is 2.20. The summed E-state index contributed by atoms with van der Waals surface area (Å²) < 4.78 is 0. The van der Waals surface area contributed by atoms with Gasteiger partial charge in [0.1, 0.15) is 0 Å². The lowest BCUT2D eigenvalue weighted by atomic mass is 10.2. The van der Waals surface area contributed by atoms with Gasteiger partial charge in [-0.15, -0.1) is 0 Å². The highest BCUT2D eigenvalue weighted by molar-refractivity contribution is 5.74. The van der Waals surface area contributed by atoms with E-state index in [2.05, 4.69) is 10.8 Å². The molecule has 18 heavy (non-hydrogen) atoms. The lowest BCUT2D eigenvalue weighted by molar-refractivity contribution is -0.138. The molecule has 5 heteroatoms. The number of amides is 2. The normalized spacial score (nSPS) is 15.6. The van der Waals surface area contributed by atoms with E-state index in [1.807, 2.05) is 0 Å². The average Bonchev–Trinajstić information content (AvgIpc) is 2.83. The van der Waals surface area contributed by atoms with Crippen LogP contribution in [-0.2, 0) is 14.4 Å². The predicted octanol–water partition coefficient (Wildman–Crippen LogP) is 1.67. The van der Waals surface area contributed by atoms with Gasteiger partial charge in [-0.1, -0.05) is 19.3 Å². The summed E-state index contributed by atoms with van der Waals surface area (Å²) in [6, 6.07) is 0. The molecule has 5 nitrogen and oxygen atoms in total. The highest BCUT2D eigenvalue weighted by atomic mass is 16.7. The van der Waals surface area contributed by atoms with Crippen LogP contribution in [0.3, 0.4) is 0 Å². The number of nitrogens with one attached hydrogen (secondary N) is 2. The van der Waals surface area contributed by atoms with Gasteiger partial charge in [-0.3, -0.25) is 14.4 Å². The summed E-state index contributed by atoms with van der Waals surface area (Å²) in [5.74, 6) is -0.0425. The molecule has 0 radical (unpaired) electrons. The van der Waals surface area contributed by atoms with Crippen molar-refractivity contribution < 1.29 is 14.4 Å². The van der Waals surface area contributed by atoms with E-state index in [0.29, 0.717) is 13.0 Å². The third kappa shape index (κ3) is 7.27. The van der Waals surface area contributed by atoms with Crippen LogP contribution in [0.25, 0.3) is 0 Å². The predicted molar refractivity (Wildman–Crippen MR) is 68.6 cm³/mol.